The molecule has 0 aromatic heterocycles. The Hall–Kier alpha value is -3.12. The molecule has 0 saturated heterocycles. The molecule has 0 aliphatic heterocycles. The Morgan fingerprint density at radius 2 is 1.89 bits per heavy atom. The van der Waals surface area contributed by atoms with E-state index in [1.807, 2.05) is 19.9 Å². The van der Waals surface area contributed by atoms with E-state index in [2.05, 4.69) is 0 Å². The number of halogens is 1. The summed E-state index contributed by atoms with van der Waals surface area (Å²) < 4.78 is 24.7. The van der Waals surface area contributed by atoms with Crippen LogP contribution in [0, 0.1) is 5.82 Å². The number of carbonyl (C=O) groups is 1. The molecule has 2 N–H and O–H groups in total. The number of hydrogen-bond donors (Lipinski definition) is 2. The number of rotatable bonds is 7. The van der Waals surface area contributed by atoms with Gasteiger partial charge in [-0.25, -0.2) is 9.87 Å². The number of carbonyl (C=O) groups excluding carboxylic acids is 1. The van der Waals surface area contributed by atoms with Crippen molar-refractivity contribution in [1.82, 2.24) is 5.48 Å². The van der Waals surface area contributed by atoms with Gasteiger partial charge in [-0.15, -0.1) is 0 Å². The second-order valence-electron chi connectivity index (χ2n) is 6.02. The SMILES string of the molecule is COc1ccc(/C=C/C(=O)NO)c(Oc2ccc(F)cc2)c1CC=C(C)C. The minimum absolute atomic E-state index is 0.363. The Kier molecular flexibility index (Phi) is 7.14. The molecule has 2 aromatic carbocycles. The zero-order chi connectivity index (χ0) is 19.8. The summed E-state index contributed by atoms with van der Waals surface area (Å²) in [5.41, 5.74) is 4.07. The van der Waals surface area contributed by atoms with Gasteiger partial charge < -0.3 is 9.47 Å². The van der Waals surface area contributed by atoms with Gasteiger partial charge in [-0.1, -0.05) is 11.6 Å². The number of ether oxygens (including phenoxy) is 2. The first-order valence-electron chi connectivity index (χ1n) is 8.33. The fourth-order valence-electron chi connectivity index (χ4n) is 2.39. The smallest absolute Gasteiger partial charge is 0.267 e. The monoisotopic (exact) mass is 371 g/mol. The van der Waals surface area contributed by atoms with Gasteiger partial charge in [-0.2, -0.15) is 0 Å². The Bertz CT molecular complexity index is 853. The number of hydrogen-bond acceptors (Lipinski definition) is 4. The maximum atomic E-state index is 13.2. The van der Waals surface area contributed by atoms with E-state index in [9.17, 15) is 9.18 Å². The first-order valence-corrected chi connectivity index (χ1v) is 8.33. The largest absolute Gasteiger partial charge is 0.496 e. The molecule has 0 heterocycles. The number of nitrogens with one attached hydrogen (secondary N) is 1. The average Bonchev–Trinajstić information content (AvgIpc) is 2.66. The zero-order valence-corrected chi connectivity index (χ0v) is 15.5. The van der Waals surface area contributed by atoms with Crippen LogP contribution in [0.4, 0.5) is 4.39 Å². The van der Waals surface area contributed by atoms with Gasteiger partial charge in [0.1, 0.15) is 23.1 Å². The van der Waals surface area contributed by atoms with Crippen LogP contribution in [0.1, 0.15) is 25.0 Å². The molecular formula is C21H22FNO4. The van der Waals surface area contributed by atoms with Gasteiger partial charge in [0.2, 0.25) is 0 Å². The van der Waals surface area contributed by atoms with E-state index >= 15 is 0 Å². The van der Waals surface area contributed by atoms with Crippen LogP contribution in [0.2, 0.25) is 0 Å². The van der Waals surface area contributed by atoms with Crippen LogP contribution in [-0.2, 0) is 11.2 Å². The Morgan fingerprint density at radius 3 is 2.48 bits per heavy atom. The molecule has 0 spiro atoms. The predicted octanol–water partition coefficient (Wildman–Crippen LogP) is 4.65. The quantitative estimate of drug-likeness (QED) is 0.322. The highest BCUT2D eigenvalue weighted by Crippen LogP contribution is 2.37. The summed E-state index contributed by atoms with van der Waals surface area (Å²) in [4.78, 5) is 11.4. The summed E-state index contributed by atoms with van der Waals surface area (Å²) in [5, 5.41) is 8.68. The van der Waals surface area contributed by atoms with Gasteiger partial charge in [0.25, 0.3) is 5.91 Å². The zero-order valence-electron chi connectivity index (χ0n) is 15.5. The maximum absolute atomic E-state index is 13.2. The average molecular weight is 371 g/mol. The number of methoxy groups -OCH3 is 1. The molecule has 2 aromatic rings. The van der Waals surface area contributed by atoms with Crippen molar-refractivity contribution in [3.8, 4) is 17.2 Å². The highest BCUT2D eigenvalue weighted by atomic mass is 19.1. The van der Waals surface area contributed by atoms with Gasteiger partial charge in [-0.05, 0) is 62.7 Å². The third-order valence-corrected chi connectivity index (χ3v) is 3.74. The van der Waals surface area contributed by atoms with E-state index < -0.39 is 5.91 Å². The highest BCUT2D eigenvalue weighted by Gasteiger charge is 2.15. The van der Waals surface area contributed by atoms with Gasteiger partial charge >= 0.3 is 0 Å². The van der Waals surface area contributed by atoms with Crippen molar-refractivity contribution in [1.29, 1.82) is 0 Å². The Morgan fingerprint density at radius 1 is 1.19 bits per heavy atom. The minimum Gasteiger partial charge on any atom is -0.496 e. The van der Waals surface area contributed by atoms with Crippen LogP contribution >= 0.6 is 0 Å². The van der Waals surface area contributed by atoms with E-state index in [-0.39, 0.29) is 5.82 Å². The molecule has 1 amide bonds. The van der Waals surface area contributed by atoms with Crippen LogP contribution in [0.5, 0.6) is 17.2 Å². The molecule has 0 atom stereocenters. The van der Waals surface area contributed by atoms with Crippen molar-refractivity contribution in [2.24, 2.45) is 0 Å². The summed E-state index contributed by atoms with van der Waals surface area (Å²) in [6.45, 7) is 3.98. The number of benzene rings is 2. The van der Waals surface area contributed by atoms with Crippen LogP contribution < -0.4 is 15.0 Å². The number of allylic oxidation sites excluding steroid dienone is 2. The van der Waals surface area contributed by atoms with Gasteiger partial charge in [0.05, 0.1) is 7.11 Å². The van der Waals surface area contributed by atoms with E-state index in [1.54, 1.807) is 24.7 Å². The van der Waals surface area contributed by atoms with E-state index in [0.717, 1.165) is 11.1 Å². The van der Waals surface area contributed by atoms with Crippen LogP contribution in [0.15, 0.2) is 54.1 Å². The van der Waals surface area contributed by atoms with Crippen LogP contribution in [0.3, 0.4) is 0 Å². The summed E-state index contributed by atoms with van der Waals surface area (Å²) in [7, 11) is 1.57. The summed E-state index contributed by atoms with van der Waals surface area (Å²) >= 11 is 0. The lowest BCUT2D eigenvalue weighted by molar-refractivity contribution is -0.124. The first-order chi connectivity index (χ1) is 12.9. The van der Waals surface area contributed by atoms with Crippen LogP contribution in [-0.4, -0.2) is 18.2 Å². The molecule has 0 saturated carbocycles. The lowest BCUT2D eigenvalue weighted by atomic mass is 10.0. The third kappa shape index (κ3) is 5.69. The number of amides is 1. The molecule has 0 bridgehead atoms. The molecule has 0 radical (unpaired) electrons. The Balaban J connectivity index is 2.56. The standard InChI is InChI=1S/C21H22FNO4/c1-14(2)4-11-18-19(26-3)12-5-15(6-13-20(24)23-25)21(18)27-17-9-7-16(22)8-10-17/h4-10,12-13,25H,11H2,1-3H3,(H,23,24)/b13-6+. The molecule has 27 heavy (non-hydrogen) atoms. The molecule has 0 fully saturated rings. The van der Waals surface area contributed by atoms with Gasteiger partial charge in [0.15, 0.2) is 0 Å². The molecular weight excluding hydrogens is 349 g/mol. The van der Waals surface area contributed by atoms with E-state index in [0.29, 0.717) is 29.2 Å². The molecule has 0 aliphatic carbocycles. The highest BCUT2D eigenvalue weighted by molar-refractivity contribution is 5.91. The summed E-state index contributed by atoms with van der Waals surface area (Å²) in [5.74, 6) is 0.542. The lowest BCUT2D eigenvalue weighted by Crippen LogP contribution is -2.14. The van der Waals surface area contributed by atoms with E-state index in [1.165, 1.54) is 36.4 Å². The third-order valence-electron chi connectivity index (χ3n) is 3.74. The fraction of sp³-hybridized carbons (Fsp3) is 0.190. The van der Waals surface area contributed by atoms with Crippen molar-refractivity contribution >= 4 is 12.0 Å². The van der Waals surface area contributed by atoms with E-state index in [4.69, 9.17) is 14.7 Å². The topological polar surface area (TPSA) is 67.8 Å². The minimum atomic E-state index is -0.663. The van der Waals surface area contributed by atoms with Crippen molar-refractivity contribution in [2.75, 3.05) is 7.11 Å². The molecule has 0 unspecified atom stereocenters. The molecule has 0 aliphatic rings. The van der Waals surface area contributed by atoms with Gasteiger partial charge in [-0.3, -0.25) is 10.0 Å². The lowest BCUT2D eigenvalue weighted by Gasteiger charge is -2.17. The number of hydroxylamine groups is 1. The molecule has 2 rings (SSSR count). The van der Waals surface area contributed by atoms with Gasteiger partial charge in [0, 0.05) is 17.2 Å². The predicted molar refractivity (Wildman–Crippen MR) is 102 cm³/mol. The van der Waals surface area contributed by atoms with Crippen LogP contribution in [0.25, 0.3) is 6.08 Å². The van der Waals surface area contributed by atoms with Crippen molar-refractivity contribution < 1.29 is 23.9 Å². The van der Waals surface area contributed by atoms with Crippen molar-refractivity contribution in [2.45, 2.75) is 20.3 Å². The molecule has 6 heteroatoms. The van der Waals surface area contributed by atoms with Crippen molar-refractivity contribution in [3.63, 3.8) is 0 Å². The molecule has 5 nitrogen and oxygen atoms in total. The first kappa shape index (κ1) is 20.2. The normalized spacial score (nSPS) is 10.6. The Labute approximate surface area is 157 Å². The fourth-order valence-corrected chi connectivity index (χ4v) is 2.39. The second-order valence-corrected chi connectivity index (χ2v) is 6.02. The second kappa shape index (κ2) is 9.54. The maximum Gasteiger partial charge on any atom is 0.267 e. The molecule has 142 valence electrons. The summed E-state index contributed by atoms with van der Waals surface area (Å²) in [6.07, 6.45) is 5.29. The van der Waals surface area contributed by atoms with Crippen molar-refractivity contribution in [3.05, 3.63) is 71.1 Å². The summed E-state index contributed by atoms with van der Waals surface area (Å²) in [6, 6.07) is 9.17.